The molecule has 0 N–H and O–H groups in total. The molecule has 2 aliphatic carbocycles. The molecule has 28 heavy (non-hydrogen) atoms. The molecule has 0 spiro atoms. The minimum Gasteiger partial charge on any atom is -0.426 e. The summed E-state index contributed by atoms with van der Waals surface area (Å²) in [6.45, 7) is 2.16. The van der Waals surface area contributed by atoms with E-state index in [-0.39, 0.29) is 29.6 Å². The van der Waals surface area contributed by atoms with Gasteiger partial charge in [0.25, 0.3) is 0 Å². The predicted octanol–water partition coefficient (Wildman–Crippen LogP) is 4.49. The Morgan fingerprint density at radius 1 is 1.04 bits per heavy atom. The lowest BCUT2D eigenvalue weighted by atomic mass is 9.81. The number of imide groups is 1. The third-order valence-corrected chi connectivity index (χ3v) is 6.72. The van der Waals surface area contributed by atoms with Gasteiger partial charge in [0.15, 0.2) is 0 Å². The van der Waals surface area contributed by atoms with Crippen molar-refractivity contribution in [2.45, 2.75) is 64.7 Å². The zero-order valence-corrected chi connectivity index (χ0v) is 16.6. The van der Waals surface area contributed by atoms with Crippen molar-refractivity contribution in [1.29, 1.82) is 0 Å². The summed E-state index contributed by atoms with van der Waals surface area (Å²) in [6, 6.07) is 6.84. The van der Waals surface area contributed by atoms with E-state index in [0.29, 0.717) is 29.7 Å². The van der Waals surface area contributed by atoms with Crippen LogP contribution in [0.15, 0.2) is 24.3 Å². The molecule has 5 nitrogen and oxygen atoms in total. The number of hydrogen-bond donors (Lipinski definition) is 0. The summed E-state index contributed by atoms with van der Waals surface area (Å²) in [6.07, 6.45) is 8.91. The summed E-state index contributed by atoms with van der Waals surface area (Å²) in [5, 5.41) is 0. The molecule has 2 bridgehead atoms. The second-order valence-corrected chi connectivity index (χ2v) is 8.53. The molecular formula is C23H29NO4. The van der Waals surface area contributed by atoms with Crippen molar-refractivity contribution >= 4 is 23.5 Å². The maximum absolute atomic E-state index is 12.9. The van der Waals surface area contributed by atoms with Gasteiger partial charge in [0.2, 0.25) is 11.8 Å². The van der Waals surface area contributed by atoms with Crippen molar-refractivity contribution in [2.24, 2.45) is 23.7 Å². The Balaban J connectivity index is 1.40. The van der Waals surface area contributed by atoms with Crippen LogP contribution >= 0.6 is 0 Å². The molecular weight excluding hydrogens is 354 g/mol. The fourth-order valence-electron chi connectivity index (χ4n) is 5.40. The van der Waals surface area contributed by atoms with Gasteiger partial charge in [0.05, 0.1) is 17.5 Å². The van der Waals surface area contributed by atoms with Gasteiger partial charge in [0, 0.05) is 12.5 Å². The quantitative estimate of drug-likeness (QED) is 0.287. The van der Waals surface area contributed by atoms with Crippen molar-refractivity contribution in [3.8, 4) is 5.75 Å². The molecule has 3 fully saturated rings. The lowest BCUT2D eigenvalue weighted by molar-refractivity contribution is -0.134. The number of anilines is 1. The molecule has 1 heterocycles. The number of carbonyl (C=O) groups excluding carboxylic acids is 3. The first-order valence-electron chi connectivity index (χ1n) is 10.8. The zero-order chi connectivity index (χ0) is 19.7. The van der Waals surface area contributed by atoms with Gasteiger partial charge in [-0.05, 0) is 49.7 Å². The summed E-state index contributed by atoms with van der Waals surface area (Å²) < 4.78 is 5.45. The topological polar surface area (TPSA) is 63.7 Å². The van der Waals surface area contributed by atoms with Crippen LogP contribution in [0.1, 0.15) is 64.7 Å². The van der Waals surface area contributed by atoms with E-state index in [1.165, 1.54) is 17.7 Å². The van der Waals surface area contributed by atoms with E-state index in [0.717, 1.165) is 38.5 Å². The van der Waals surface area contributed by atoms with Crippen molar-refractivity contribution in [1.82, 2.24) is 0 Å². The number of nitrogens with zero attached hydrogens (tertiary/aromatic N) is 1. The van der Waals surface area contributed by atoms with Crippen LogP contribution in [0.2, 0.25) is 0 Å². The molecule has 4 rings (SSSR count). The normalized spacial score (nSPS) is 28.1. The van der Waals surface area contributed by atoms with Crippen LogP contribution in [-0.4, -0.2) is 17.8 Å². The average molecular weight is 383 g/mol. The highest BCUT2D eigenvalue weighted by molar-refractivity contribution is 6.22. The highest BCUT2D eigenvalue weighted by Crippen LogP contribution is 2.56. The summed E-state index contributed by atoms with van der Waals surface area (Å²) in [5.41, 5.74) is 0.525. The first-order chi connectivity index (χ1) is 13.6. The third kappa shape index (κ3) is 3.47. The van der Waals surface area contributed by atoms with Gasteiger partial charge in [-0.3, -0.25) is 14.4 Å². The fourth-order valence-corrected chi connectivity index (χ4v) is 5.40. The zero-order valence-electron chi connectivity index (χ0n) is 16.6. The predicted molar refractivity (Wildman–Crippen MR) is 106 cm³/mol. The summed E-state index contributed by atoms with van der Waals surface area (Å²) in [5.74, 6) is 0.457. The molecule has 2 amide bonds. The number of benzene rings is 1. The summed E-state index contributed by atoms with van der Waals surface area (Å²) >= 11 is 0. The van der Waals surface area contributed by atoms with E-state index in [1.807, 2.05) is 0 Å². The summed E-state index contributed by atoms with van der Waals surface area (Å²) in [7, 11) is 0. The molecule has 1 aliphatic heterocycles. The van der Waals surface area contributed by atoms with Crippen molar-refractivity contribution in [2.75, 3.05) is 4.90 Å². The van der Waals surface area contributed by atoms with Crippen molar-refractivity contribution < 1.29 is 19.1 Å². The van der Waals surface area contributed by atoms with Crippen molar-refractivity contribution in [3.63, 3.8) is 0 Å². The Morgan fingerprint density at radius 2 is 1.71 bits per heavy atom. The van der Waals surface area contributed by atoms with Gasteiger partial charge in [-0.25, -0.2) is 4.90 Å². The van der Waals surface area contributed by atoms with E-state index in [9.17, 15) is 14.4 Å². The number of esters is 1. The SMILES string of the molecule is CCCCCCCC(=O)Oc1cccc(N2C(=O)[C@@H]3[C@H]4CC[C@@H](C4)[C@H]3C2=O)c1. The molecule has 0 radical (unpaired) electrons. The van der Waals surface area contributed by atoms with Crippen LogP contribution in [0.25, 0.3) is 0 Å². The highest BCUT2D eigenvalue weighted by atomic mass is 16.5. The molecule has 2 saturated carbocycles. The number of ether oxygens (including phenoxy) is 1. The first-order valence-corrected chi connectivity index (χ1v) is 10.8. The van der Waals surface area contributed by atoms with E-state index >= 15 is 0 Å². The Morgan fingerprint density at radius 3 is 2.39 bits per heavy atom. The van der Waals surface area contributed by atoms with Gasteiger partial charge in [-0.15, -0.1) is 0 Å². The standard InChI is InChI=1S/C23H29NO4/c1-2-3-4-5-6-10-19(25)28-18-9-7-8-17(14-18)24-22(26)20-15-11-12-16(13-15)21(20)23(24)27/h7-9,14-16,20-21H,2-6,10-13H2,1H3/t15-,16-,20+,21+/m0/s1. The Kier molecular flexibility index (Phi) is 5.51. The molecule has 4 atom stereocenters. The molecule has 0 unspecified atom stereocenters. The number of carbonyl (C=O) groups is 3. The van der Waals surface area contributed by atoms with Crippen LogP contribution in [0.4, 0.5) is 5.69 Å². The van der Waals surface area contributed by atoms with Gasteiger partial charge in [-0.1, -0.05) is 38.7 Å². The minimum absolute atomic E-state index is 0.0680. The van der Waals surface area contributed by atoms with Gasteiger partial charge < -0.3 is 4.74 Å². The van der Waals surface area contributed by atoms with E-state index in [2.05, 4.69) is 6.92 Å². The first kappa shape index (κ1) is 19.2. The van der Waals surface area contributed by atoms with Crippen molar-refractivity contribution in [3.05, 3.63) is 24.3 Å². The highest BCUT2D eigenvalue weighted by Gasteiger charge is 2.61. The number of amides is 2. The lowest BCUT2D eigenvalue weighted by Crippen LogP contribution is -2.32. The van der Waals surface area contributed by atoms with Crippen LogP contribution in [0.5, 0.6) is 5.75 Å². The molecule has 5 heteroatoms. The van der Waals surface area contributed by atoms with E-state index in [1.54, 1.807) is 24.3 Å². The molecule has 1 saturated heterocycles. The van der Waals surface area contributed by atoms with E-state index < -0.39 is 0 Å². The van der Waals surface area contributed by atoms with Crippen LogP contribution in [0.3, 0.4) is 0 Å². The Hall–Kier alpha value is -2.17. The van der Waals surface area contributed by atoms with Crippen LogP contribution < -0.4 is 9.64 Å². The third-order valence-electron chi connectivity index (χ3n) is 6.72. The maximum Gasteiger partial charge on any atom is 0.311 e. The minimum atomic E-state index is -0.261. The molecule has 0 aromatic heterocycles. The Bertz CT molecular complexity index is 746. The van der Waals surface area contributed by atoms with Gasteiger partial charge in [-0.2, -0.15) is 0 Å². The number of rotatable bonds is 8. The van der Waals surface area contributed by atoms with Crippen LogP contribution in [0, 0.1) is 23.7 Å². The molecule has 150 valence electrons. The monoisotopic (exact) mass is 383 g/mol. The van der Waals surface area contributed by atoms with Crippen LogP contribution in [-0.2, 0) is 14.4 Å². The molecule has 1 aromatic rings. The second-order valence-electron chi connectivity index (χ2n) is 8.53. The molecule has 1 aromatic carbocycles. The summed E-state index contributed by atoms with van der Waals surface area (Å²) in [4.78, 5) is 39.3. The number of hydrogen-bond acceptors (Lipinski definition) is 4. The lowest BCUT2D eigenvalue weighted by Gasteiger charge is -2.19. The largest absolute Gasteiger partial charge is 0.426 e. The van der Waals surface area contributed by atoms with Gasteiger partial charge in [0.1, 0.15) is 5.75 Å². The number of unbranched alkanes of at least 4 members (excludes halogenated alkanes) is 4. The smallest absolute Gasteiger partial charge is 0.311 e. The fraction of sp³-hybridized carbons (Fsp3) is 0.609. The van der Waals surface area contributed by atoms with E-state index in [4.69, 9.17) is 4.74 Å². The second kappa shape index (κ2) is 8.06. The average Bonchev–Trinajstić information content (AvgIpc) is 3.35. The van der Waals surface area contributed by atoms with Gasteiger partial charge >= 0.3 is 5.97 Å². The molecule has 3 aliphatic rings. The Labute approximate surface area is 166 Å². The number of fused-ring (bicyclic) bond motifs is 5. The maximum atomic E-state index is 12.9.